The number of benzene rings is 1. The molecule has 0 spiro atoms. The van der Waals surface area contributed by atoms with Crippen LogP contribution in [0.15, 0.2) is 28.7 Å². The summed E-state index contributed by atoms with van der Waals surface area (Å²) >= 11 is 3.33. The predicted octanol–water partition coefficient (Wildman–Crippen LogP) is 1.93. The van der Waals surface area contributed by atoms with Crippen molar-refractivity contribution >= 4 is 21.9 Å². The van der Waals surface area contributed by atoms with Gasteiger partial charge in [-0.1, -0.05) is 34.1 Å². The number of halogens is 1. The Morgan fingerprint density at radius 2 is 2.07 bits per heavy atom. The highest BCUT2D eigenvalue weighted by Crippen LogP contribution is 2.27. The molecule has 6 heteroatoms. The standard InChI is InChI=1S/C9H6BrN3O2/c10-6-4-2-1-3-5(6)7-8(9(14)15)12-13-11-7/h1-4H,(H,14,15)(H,11,12,13). The van der Waals surface area contributed by atoms with Crippen LogP contribution in [0.1, 0.15) is 10.5 Å². The van der Waals surface area contributed by atoms with Crippen LogP contribution in [-0.4, -0.2) is 26.5 Å². The number of H-pyrrole nitrogens is 1. The van der Waals surface area contributed by atoms with Crippen molar-refractivity contribution in [3.05, 3.63) is 34.4 Å². The molecule has 0 fully saturated rings. The zero-order valence-corrected chi connectivity index (χ0v) is 9.02. The SMILES string of the molecule is O=C(O)c1n[nH]nc1-c1ccccc1Br. The maximum Gasteiger partial charge on any atom is 0.358 e. The summed E-state index contributed by atoms with van der Waals surface area (Å²) in [6.07, 6.45) is 0. The fourth-order valence-corrected chi connectivity index (χ4v) is 1.69. The predicted molar refractivity (Wildman–Crippen MR) is 56.5 cm³/mol. The van der Waals surface area contributed by atoms with Crippen LogP contribution in [0.5, 0.6) is 0 Å². The average Bonchev–Trinajstić information content (AvgIpc) is 2.67. The van der Waals surface area contributed by atoms with Gasteiger partial charge >= 0.3 is 5.97 Å². The average molecular weight is 268 g/mol. The van der Waals surface area contributed by atoms with Gasteiger partial charge in [-0.3, -0.25) is 0 Å². The maximum atomic E-state index is 10.8. The molecule has 2 rings (SSSR count). The third-order valence-electron chi connectivity index (χ3n) is 1.88. The van der Waals surface area contributed by atoms with Crippen molar-refractivity contribution in [1.29, 1.82) is 0 Å². The second kappa shape index (κ2) is 3.82. The van der Waals surface area contributed by atoms with Gasteiger partial charge in [-0.05, 0) is 6.07 Å². The lowest BCUT2D eigenvalue weighted by molar-refractivity contribution is 0.0691. The summed E-state index contributed by atoms with van der Waals surface area (Å²) in [4.78, 5) is 10.8. The zero-order chi connectivity index (χ0) is 10.8. The normalized spacial score (nSPS) is 10.2. The number of rotatable bonds is 2. The van der Waals surface area contributed by atoms with Gasteiger partial charge in [0, 0.05) is 10.0 Å². The van der Waals surface area contributed by atoms with Gasteiger partial charge in [-0.25, -0.2) is 4.79 Å². The number of aromatic nitrogens is 3. The Balaban J connectivity index is 2.59. The van der Waals surface area contributed by atoms with E-state index in [1.165, 1.54) is 0 Å². The van der Waals surface area contributed by atoms with Crippen molar-refractivity contribution in [1.82, 2.24) is 15.4 Å². The van der Waals surface area contributed by atoms with Crippen LogP contribution in [0.25, 0.3) is 11.3 Å². The van der Waals surface area contributed by atoms with Gasteiger partial charge in [-0.15, -0.1) is 5.10 Å². The van der Waals surface area contributed by atoms with E-state index in [0.29, 0.717) is 11.3 Å². The summed E-state index contributed by atoms with van der Waals surface area (Å²) in [5.41, 5.74) is 0.945. The highest BCUT2D eigenvalue weighted by atomic mass is 79.9. The Hall–Kier alpha value is -1.69. The Bertz CT molecular complexity index is 510. The molecule has 0 bridgehead atoms. The Labute approximate surface area is 93.3 Å². The number of carboxylic acids is 1. The first-order chi connectivity index (χ1) is 7.20. The number of nitrogens with one attached hydrogen (secondary N) is 1. The molecule has 0 atom stereocenters. The molecule has 0 unspecified atom stereocenters. The minimum Gasteiger partial charge on any atom is -0.476 e. The number of aromatic carboxylic acids is 1. The van der Waals surface area contributed by atoms with Crippen LogP contribution >= 0.6 is 15.9 Å². The lowest BCUT2D eigenvalue weighted by Gasteiger charge is -1.99. The van der Waals surface area contributed by atoms with Crippen molar-refractivity contribution in [3.63, 3.8) is 0 Å². The lowest BCUT2D eigenvalue weighted by Crippen LogP contribution is -1.99. The fourth-order valence-electron chi connectivity index (χ4n) is 1.22. The van der Waals surface area contributed by atoms with E-state index in [2.05, 4.69) is 31.3 Å². The first-order valence-corrected chi connectivity index (χ1v) is 4.88. The number of aromatic amines is 1. The summed E-state index contributed by atoms with van der Waals surface area (Å²) in [6, 6.07) is 7.23. The molecule has 0 amide bonds. The van der Waals surface area contributed by atoms with Gasteiger partial charge < -0.3 is 5.11 Å². The van der Waals surface area contributed by atoms with Crippen LogP contribution < -0.4 is 0 Å². The van der Waals surface area contributed by atoms with Crippen LogP contribution in [0, 0.1) is 0 Å². The molecule has 0 aliphatic rings. The molecule has 5 nitrogen and oxygen atoms in total. The van der Waals surface area contributed by atoms with Crippen molar-refractivity contribution in [3.8, 4) is 11.3 Å². The van der Waals surface area contributed by atoms with E-state index in [-0.39, 0.29) is 5.69 Å². The van der Waals surface area contributed by atoms with Crippen molar-refractivity contribution in [2.75, 3.05) is 0 Å². The molecule has 15 heavy (non-hydrogen) atoms. The quantitative estimate of drug-likeness (QED) is 0.872. The highest BCUT2D eigenvalue weighted by Gasteiger charge is 2.17. The first-order valence-electron chi connectivity index (χ1n) is 4.09. The monoisotopic (exact) mass is 267 g/mol. The Morgan fingerprint density at radius 3 is 2.73 bits per heavy atom. The molecule has 1 aromatic carbocycles. The second-order valence-electron chi connectivity index (χ2n) is 2.81. The number of carbonyl (C=O) groups is 1. The largest absolute Gasteiger partial charge is 0.476 e. The van der Waals surface area contributed by atoms with E-state index in [1.54, 1.807) is 12.1 Å². The molecular formula is C9H6BrN3O2. The third kappa shape index (κ3) is 1.75. The van der Waals surface area contributed by atoms with Crippen molar-refractivity contribution in [2.24, 2.45) is 0 Å². The molecule has 2 aromatic rings. The minimum atomic E-state index is -1.10. The van der Waals surface area contributed by atoms with Crippen molar-refractivity contribution in [2.45, 2.75) is 0 Å². The van der Waals surface area contributed by atoms with E-state index in [9.17, 15) is 4.79 Å². The van der Waals surface area contributed by atoms with Crippen molar-refractivity contribution < 1.29 is 9.90 Å². The summed E-state index contributed by atoms with van der Waals surface area (Å²) in [5.74, 6) is -1.10. The summed E-state index contributed by atoms with van der Waals surface area (Å²) < 4.78 is 0.779. The summed E-state index contributed by atoms with van der Waals surface area (Å²) in [6.45, 7) is 0. The molecule has 0 saturated carbocycles. The third-order valence-corrected chi connectivity index (χ3v) is 2.57. The summed E-state index contributed by atoms with van der Waals surface area (Å²) in [5, 5.41) is 18.6. The van der Waals surface area contributed by atoms with Crippen LogP contribution in [0.2, 0.25) is 0 Å². The molecular weight excluding hydrogens is 262 g/mol. The van der Waals surface area contributed by atoms with E-state index >= 15 is 0 Å². The lowest BCUT2D eigenvalue weighted by atomic mass is 10.1. The molecule has 0 aliphatic heterocycles. The van der Waals surface area contributed by atoms with E-state index in [0.717, 1.165) is 4.47 Å². The number of hydrogen-bond donors (Lipinski definition) is 2. The smallest absolute Gasteiger partial charge is 0.358 e. The van der Waals surface area contributed by atoms with Gasteiger partial charge in [0.05, 0.1) is 0 Å². The summed E-state index contributed by atoms with van der Waals surface area (Å²) in [7, 11) is 0. The molecule has 0 radical (unpaired) electrons. The van der Waals surface area contributed by atoms with Gasteiger partial charge in [0.15, 0.2) is 5.69 Å². The topological polar surface area (TPSA) is 78.9 Å². The molecule has 2 N–H and O–H groups in total. The Kier molecular flexibility index (Phi) is 2.51. The number of carboxylic acid groups (broad SMARTS) is 1. The van der Waals surface area contributed by atoms with E-state index in [4.69, 9.17) is 5.11 Å². The molecule has 76 valence electrons. The first kappa shape index (κ1) is 9.85. The van der Waals surface area contributed by atoms with Crippen LogP contribution in [0.4, 0.5) is 0 Å². The van der Waals surface area contributed by atoms with Gasteiger partial charge in [-0.2, -0.15) is 10.3 Å². The number of nitrogens with zero attached hydrogens (tertiary/aromatic N) is 2. The number of hydrogen-bond acceptors (Lipinski definition) is 3. The van der Waals surface area contributed by atoms with E-state index < -0.39 is 5.97 Å². The Morgan fingerprint density at radius 1 is 1.33 bits per heavy atom. The molecule has 0 aliphatic carbocycles. The van der Waals surface area contributed by atoms with Crippen LogP contribution in [-0.2, 0) is 0 Å². The van der Waals surface area contributed by atoms with Gasteiger partial charge in [0.1, 0.15) is 5.69 Å². The highest BCUT2D eigenvalue weighted by molar-refractivity contribution is 9.10. The maximum absolute atomic E-state index is 10.8. The molecule has 1 aromatic heterocycles. The zero-order valence-electron chi connectivity index (χ0n) is 7.44. The van der Waals surface area contributed by atoms with Gasteiger partial charge in [0.25, 0.3) is 0 Å². The minimum absolute atomic E-state index is 0.0816. The van der Waals surface area contributed by atoms with E-state index in [1.807, 2.05) is 12.1 Å². The molecule has 0 saturated heterocycles. The second-order valence-corrected chi connectivity index (χ2v) is 3.66. The van der Waals surface area contributed by atoms with Crippen LogP contribution in [0.3, 0.4) is 0 Å². The fraction of sp³-hybridized carbons (Fsp3) is 0. The van der Waals surface area contributed by atoms with Gasteiger partial charge in [0.2, 0.25) is 0 Å². The molecule has 1 heterocycles.